The summed E-state index contributed by atoms with van der Waals surface area (Å²) in [5.74, 6) is 1.11. The molecule has 0 saturated heterocycles. The van der Waals surface area contributed by atoms with Gasteiger partial charge in [0.1, 0.15) is 13.1 Å². The Bertz CT molecular complexity index is 1780. The normalized spacial score (nSPS) is 14.0. The maximum atomic E-state index is 10.2. The molecule has 0 atom stereocenters. The average molecular weight is 598 g/mol. The van der Waals surface area contributed by atoms with E-state index in [1.54, 1.807) is 30.3 Å². The zero-order chi connectivity index (χ0) is 32.2. The van der Waals surface area contributed by atoms with Crippen molar-refractivity contribution in [3.8, 4) is 35.1 Å². The van der Waals surface area contributed by atoms with E-state index in [1.807, 2.05) is 60.5 Å². The number of aliphatic hydroxyl groups excluding tert-OH is 2. The summed E-state index contributed by atoms with van der Waals surface area (Å²) >= 11 is 0. The van der Waals surface area contributed by atoms with Crippen LogP contribution in [-0.2, 0) is 0 Å². The molecule has 1 aliphatic heterocycles. The standard InChI is InChI=1S/C36H33N6O3/c1-40-32(26-39)36(30-11-6-8-27(22-30)24-37)31(25-38)13-15-35-41(16-7-17-42(2,18-20-43)19-21-44)33-23-29(12-14-34(33)45-35)28-9-4-3-5-10-28/h3-6,8-15,22-23,43-44H,7,16-21H2,2H3/q+1. The van der Waals surface area contributed by atoms with Gasteiger partial charge < -0.3 is 24.3 Å². The molecule has 2 N–H and O–H groups in total. The Hall–Kier alpha value is -5.68. The van der Waals surface area contributed by atoms with Crippen LogP contribution in [0, 0.1) is 40.6 Å². The fraction of sp³-hybridized carbons (Fsp3) is 0.222. The summed E-state index contributed by atoms with van der Waals surface area (Å²) in [6.45, 7) is 9.89. The van der Waals surface area contributed by atoms with Crippen LogP contribution in [0.4, 0.5) is 5.69 Å². The summed E-state index contributed by atoms with van der Waals surface area (Å²) in [7, 11) is 2.01. The molecule has 0 aromatic heterocycles. The van der Waals surface area contributed by atoms with Crippen LogP contribution < -0.4 is 9.64 Å². The topological polar surface area (TPSA) is 129 Å². The van der Waals surface area contributed by atoms with Gasteiger partial charge in [-0.05, 0) is 47.0 Å². The maximum Gasteiger partial charge on any atom is 0.270 e. The molecule has 0 radical (unpaired) electrons. The molecule has 4 rings (SSSR count). The highest BCUT2D eigenvalue weighted by atomic mass is 16.5. The number of aliphatic hydroxyl groups is 2. The summed E-state index contributed by atoms with van der Waals surface area (Å²) in [5.41, 5.74) is 3.62. The lowest BCUT2D eigenvalue weighted by Gasteiger charge is -2.34. The van der Waals surface area contributed by atoms with Crippen LogP contribution in [0.15, 0.2) is 102 Å². The third-order valence-corrected chi connectivity index (χ3v) is 7.71. The number of benzene rings is 3. The molecule has 0 aliphatic carbocycles. The zero-order valence-corrected chi connectivity index (χ0v) is 25.0. The smallest absolute Gasteiger partial charge is 0.270 e. The lowest BCUT2D eigenvalue weighted by atomic mass is 9.95. The number of fused-ring (bicyclic) bond motifs is 1. The van der Waals surface area contributed by atoms with Crippen LogP contribution in [0.1, 0.15) is 17.5 Å². The predicted molar refractivity (Wildman–Crippen MR) is 171 cm³/mol. The SMILES string of the molecule is [C-]#[N+]C(C#N)=C(C(C#N)=CC=C1Oc2ccc(-c3ccccc3)cc2N1CCC[N+](C)(CCO)CCO)c1cccc(C#N)c1. The molecule has 1 aliphatic rings. The van der Waals surface area contributed by atoms with Gasteiger partial charge in [-0.15, -0.1) is 0 Å². The van der Waals surface area contributed by atoms with E-state index in [2.05, 4.69) is 23.0 Å². The Morgan fingerprint density at radius 3 is 2.33 bits per heavy atom. The van der Waals surface area contributed by atoms with Crippen molar-refractivity contribution in [3.05, 3.63) is 125 Å². The number of hydrogen-bond acceptors (Lipinski definition) is 7. The van der Waals surface area contributed by atoms with Gasteiger partial charge in [0.05, 0.1) is 68.4 Å². The highest BCUT2D eigenvalue weighted by molar-refractivity contribution is 5.88. The Morgan fingerprint density at radius 2 is 1.69 bits per heavy atom. The molecule has 0 fully saturated rings. The number of ether oxygens (including phenoxy) is 1. The number of likely N-dealkylation sites (N-methyl/N-ethyl adjacent to an activating group) is 1. The first-order chi connectivity index (χ1) is 21.9. The van der Waals surface area contributed by atoms with E-state index in [-0.39, 0.29) is 30.1 Å². The average Bonchev–Trinajstić information content (AvgIpc) is 3.41. The number of hydrogen-bond donors (Lipinski definition) is 2. The lowest BCUT2D eigenvalue weighted by Crippen LogP contribution is -2.49. The zero-order valence-electron chi connectivity index (χ0n) is 25.0. The van der Waals surface area contributed by atoms with Crippen molar-refractivity contribution in [1.82, 2.24) is 0 Å². The van der Waals surface area contributed by atoms with E-state index < -0.39 is 0 Å². The fourth-order valence-electron chi connectivity index (χ4n) is 5.33. The molecular weight excluding hydrogens is 564 g/mol. The Labute approximate surface area is 263 Å². The van der Waals surface area contributed by atoms with Crippen molar-refractivity contribution in [2.24, 2.45) is 0 Å². The molecule has 0 saturated carbocycles. The quantitative estimate of drug-likeness (QED) is 0.124. The summed E-state index contributed by atoms with van der Waals surface area (Å²) in [6.07, 6.45) is 3.90. The summed E-state index contributed by atoms with van der Waals surface area (Å²) in [5, 5.41) is 48.5. The largest absolute Gasteiger partial charge is 0.439 e. The van der Waals surface area contributed by atoms with Crippen molar-refractivity contribution < 1.29 is 19.4 Å². The number of nitriles is 3. The fourth-order valence-corrected chi connectivity index (χ4v) is 5.33. The molecule has 0 spiro atoms. The van der Waals surface area contributed by atoms with Crippen molar-refractivity contribution in [2.75, 3.05) is 51.3 Å². The van der Waals surface area contributed by atoms with E-state index in [4.69, 9.17) is 11.3 Å². The van der Waals surface area contributed by atoms with Gasteiger partial charge in [-0.3, -0.25) is 0 Å². The first-order valence-electron chi connectivity index (χ1n) is 14.4. The van der Waals surface area contributed by atoms with E-state index in [1.165, 1.54) is 6.08 Å². The minimum Gasteiger partial charge on any atom is -0.439 e. The minimum atomic E-state index is -0.263. The van der Waals surface area contributed by atoms with Gasteiger partial charge in [-0.25, -0.2) is 10.1 Å². The molecule has 224 valence electrons. The first-order valence-corrected chi connectivity index (χ1v) is 14.4. The van der Waals surface area contributed by atoms with Crippen LogP contribution >= 0.6 is 0 Å². The second-order valence-corrected chi connectivity index (χ2v) is 10.7. The van der Waals surface area contributed by atoms with Crippen LogP contribution in [0.25, 0.3) is 21.5 Å². The molecule has 9 heteroatoms. The highest BCUT2D eigenvalue weighted by Crippen LogP contribution is 2.42. The van der Waals surface area contributed by atoms with Gasteiger partial charge in [0.15, 0.2) is 5.75 Å². The highest BCUT2D eigenvalue weighted by Gasteiger charge is 2.28. The van der Waals surface area contributed by atoms with E-state index in [0.717, 1.165) is 16.8 Å². The van der Waals surface area contributed by atoms with Crippen molar-refractivity contribution in [1.29, 1.82) is 15.8 Å². The van der Waals surface area contributed by atoms with Gasteiger partial charge in [-0.1, -0.05) is 48.5 Å². The van der Waals surface area contributed by atoms with Gasteiger partial charge >= 0.3 is 0 Å². The molecule has 9 nitrogen and oxygen atoms in total. The molecule has 0 bridgehead atoms. The molecular formula is C36H33N6O3+. The number of nitrogens with zero attached hydrogens (tertiary/aromatic N) is 6. The summed E-state index contributed by atoms with van der Waals surface area (Å²) in [4.78, 5) is 5.38. The minimum absolute atomic E-state index is 0.0158. The molecule has 3 aromatic carbocycles. The van der Waals surface area contributed by atoms with Gasteiger partial charge in [-0.2, -0.15) is 10.5 Å². The van der Waals surface area contributed by atoms with Crippen molar-refractivity contribution in [3.63, 3.8) is 0 Å². The molecule has 0 unspecified atom stereocenters. The molecule has 1 heterocycles. The second-order valence-electron chi connectivity index (χ2n) is 10.7. The third-order valence-electron chi connectivity index (χ3n) is 7.71. The number of quaternary nitrogens is 1. The van der Waals surface area contributed by atoms with Crippen LogP contribution in [0.5, 0.6) is 5.75 Å². The lowest BCUT2D eigenvalue weighted by molar-refractivity contribution is -0.910. The van der Waals surface area contributed by atoms with Crippen molar-refractivity contribution >= 4 is 11.3 Å². The first kappa shape index (κ1) is 32.2. The van der Waals surface area contributed by atoms with E-state index >= 15 is 0 Å². The monoisotopic (exact) mass is 597 g/mol. The van der Waals surface area contributed by atoms with Crippen LogP contribution in [0.2, 0.25) is 0 Å². The van der Waals surface area contributed by atoms with E-state index in [0.29, 0.717) is 59.8 Å². The summed E-state index contributed by atoms with van der Waals surface area (Å²) in [6, 6.07) is 28.5. The van der Waals surface area contributed by atoms with Crippen LogP contribution in [0.3, 0.4) is 0 Å². The second kappa shape index (κ2) is 15.2. The number of rotatable bonds is 12. The Morgan fingerprint density at radius 1 is 0.933 bits per heavy atom. The third kappa shape index (κ3) is 7.64. The molecule has 3 aromatic rings. The molecule has 0 amide bonds. The van der Waals surface area contributed by atoms with Gasteiger partial charge in [0, 0.05) is 24.6 Å². The Balaban J connectivity index is 1.76. The van der Waals surface area contributed by atoms with E-state index in [9.17, 15) is 26.0 Å². The predicted octanol–water partition coefficient (Wildman–Crippen LogP) is 5.39. The van der Waals surface area contributed by atoms with Gasteiger partial charge in [0.2, 0.25) is 5.88 Å². The molecule has 45 heavy (non-hydrogen) atoms. The van der Waals surface area contributed by atoms with Crippen LogP contribution in [-0.4, -0.2) is 61.1 Å². The Kier molecular flexibility index (Phi) is 10.9. The number of anilines is 1. The summed E-state index contributed by atoms with van der Waals surface area (Å²) < 4.78 is 6.79. The van der Waals surface area contributed by atoms with Gasteiger partial charge in [0.25, 0.3) is 5.70 Å². The number of allylic oxidation sites excluding steroid dienone is 5. The van der Waals surface area contributed by atoms with Crippen molar-refractivity contribution in [2.45, 2.75) is 6.42 Å². The maximum absolute atomic E-state index is 10.2.